The molecule has 2 heterocycles. The standard InChI is InChI=1S/C12H17N4O2S.2ClH/c1-8-10(3-4-17)19-7-16(8)6-9-5-14-12(18-2)15-11(9)13;;/h5,7,17H,3-4,6H2,1-2H3,(H2,13,14,15);2*1H/q+1;;/p-1. The third-order valence-corrected chi connectivity index (χ3v) is 4.04. The van der Waals surface area contributed by atoms with Crippen molar-refractivity contribution in [2.75, 3.05) is 19.5 Å². The Labute approximate surface area is 139 Å². The fraction of sp³-hybridized carbons (Fsp3) is 0.417. The molecule has 0 fully saturated rings. The quantitative estimate of drug-likeness (QED) is 0.593. The van der Waals surface area contributed by atoms with Crippen molar-refractivity contribution in [1.82, 2.24) is 9.97 Å². The van der Waals surface area contributed by atoms with Crippen molar-refractivity contribution in [3.63, 3.8) is 0 Å². The molecule has 3 N–H and O–H groups in total. The predicted octanol–water partition coefficient (Wildman–Crippen LogP) is -2.27. The van der Waals surface area contributed by atoms with Gasteiger partial charge in [0.15, 0.2) is 12.2 Å². The second kappa shape index (κ2) is 8.99. The van der Waals surface area contributed by atoms with Gasteiger partial charge in [0.2, 0.25) is 5.51 Å². The van der Waals surface area contributed by atoms with Gasteiger partial charge in [-0.2, -0.15) is 9.55 Å². The van der Waals surface area contributed by atoms with Crippen LogP contribution < -0.4 is 27.4 Å². The van der Waals surface area contributed by atoms with Gasteiger partial charge >= 0.3 is 6.01 Å². The average molecular weight is 353 g/mol. The van der Waals surface area contributed by atoms with Crippen LogP contribution in [0.5, 0.6) is 6.01 Å². The maximum absolute atomic E-state index is 8.99. The van der Waals surface area contributed by atoms with Gasteiger partial charge in [0, 0.05) is 26.1 Å². The van der Waals surface area contributed by atoms with Crippen LogP contribution in [0.15, 0.2) is 11.7 Å². The van der Waals surface area contributed by atoms with Gasteiger partial charge in [0.1, 0.15) is 5.82 Å². The van der Waals surface area contributed by atoms with E-state index in [4.69, 9.17) is 15.6 Å². The monoisotopic (exact) mass is 352 g/mol. The van der Waals surface area contributed by atoms with E-state index in [-0.39, 0.29) is 37.4 Å². The molecule has 0 radical (unpaired) electrons. The molecule has 118 valence electrons. The number of nitrogens with two attached hydrogens (primary N) is 1. The maximum Gasteiger partial charge on any atom is 0.318 e. The van der Waals surface area contributed by atoms with Crippen molar-refractivity contribution >= 4 is 29.6 Å². The Morgan fingerprint density at radius 1 is 1.48 bits per heavy atom. The van der Waals surface area contributed by atoms with Crippen molar-refractivity contribution in [1.29, 1.82) is 0 Å². The number of hydrogen-bond acceptors (Lipinski definition) is 6. The molecule has 0 unspecified atom stereocenters. The number of aliphatic hydroxyl groups excluding tert-OH is 1. The predicted molar refractivity (Wildman–Crippen MR) is 79.4 cm³/mol. The first-order valence-corrected chi connectivity index (χ1v) is 6.76. The Hall–Kier alpha value is -1.15. The van der Waals surface area contributed by atoms with E-state index in [9.17, 15) is 0 Å². The molecular formula is C12H18Cl2N4O2S. The lowest BCUT2D eigenvalue weighted by Gasteiger charge is -2.03. The van der Waals surface area contributed by atoms with Crippen LogP contribution in [0.25, 0.3) is 0 Å². The Bertz CT molecular complexity index is 580. The van der Waals surface area contributed by atoms with Crippen LogP contribution in [0.4, 0.5) is 5.82 Å². The van der Waals surface area contributed by atoms with Crippen LogP contribution in [0.3, 0.4) is 0 Å². The summed E-state index contributed by atoms with van der Waals surface area (Å²) < 4.78 is 7.01. The largest absolute Gasteiger partial charge is 1.00 e. The van der Waals surface area contributed by atoms with Crippen LogP contribution in [0.1, 0.15) is 16.1 Å². The first-order valence-electron chi connectivity index (χ1n) is 5.88. The second-order valence-corrected chi connectivity index (χ2v) is 5.04. The molecule has 0 saturated carbocycles. The molecule has 21 heavy (non-hydrogen) atoms. The third-order valence-electron chi connectivity index (χ3n) is 2.89. The molecule has 0 aromatic carbocycles. The first kappa shape index (κ1) is 19.9. The van der Waals surface area contributed by atoms with E-state index in [0.717, 1.165) is 11.3 Å². The summed E-state index contributed by atoms with van der Waals surface area (Å²) in [5.41, 5.74) is 9.88. The summed E-state index contributed by atoms with van der Waals surface area (Å²) in [6.45, 7) is 2.81. The Kier molecular flexibility index (Phi) is 8.50. The fourth-order valence-electron chi connectivity index (χ4n) is 1.76. The number of nitrogens with zero attached hydrogens (tertiary/aromatic N) is 3. The minimum atomic E-state index is 0. The second-order valence-electron chi connectivity index (χ2n) is 4.10. The summed E-state index contributed by atoms with van der Waals surface area (Å²) in [7, 11) is 1.51. The molecule has 0 bridgehead atoms. The molecule has 0 saturated heterocycles. The number of methoxy groups -OCH3 is 1. The van der Waals surface area contributed by atoms with Crippen molar-refractivity contribution in [3.8, 4) is 6.01 Å². The zero-order valence-corrected chi connectivity index (χ0v) is 14.1. The number of thiazole rings is 1. The molecule has 0 amide bonds. The van der Waals surface area contributed by atoms with E-state index in [2.05, 4.69) is 14.5 Å². The molecule has 2 aromatic heterocycles. The van der Waals surface area contributed by atoms with Gasteiger partial charge in [-0.3, -0.25) is 0 Å². The highest BCUT2D eigenvalue weighted by Gasteiger charge is 2.17. The van der Waals surface area contributed by atoms with E-state index in [1.165, 1.54) is 12.0 Å². The molecule has 0 aliphatic rings. The highest BCUT2D eigenvalue weighted by molar-refractivity contribution is 7.09. The van der Waals surface area contributed by atoms with Gasteiger partial charge in [0.05, 0.1) is 17.6 Å². The van der Waals surface area contributed by atoms with Gasteiger partial charge in [0.25, 0.3) is 0 Å². The first-order chi connectivity index (χ1) is 9.15. The van der Waals surface area contributed by atoms with Crippen LogP contribution in [0.2, 0.25) is 0 Å². The molecule has 0 atom stereocenters. The lowest BCUT2D eigenvalue weighted by molar-refractivity contribution is -0.689. The van der Waals surface area contributed by atoms with Gasteiger partial charge in [-0.05, 0) is 0 Å². The molecular weight excluding hydrogens is 335 g/mol. The van der Waals surface area contributed by atoms with Crippen LogP contribution >= 0.6 is 23.7 Å². The number of nitrogen functional groups attached to an aromatic ring is 1. The van der Waals surface area contributed by atoms with Gasteiger partial charge in [-0.25, -0.2) is 4.98 Å². The highest BCUT2D eigenvalue weighted by Crippen LogP contribution is 2.15. The molecule has 6 nitrogen and oxygen atoms in total. The van der Waals surface area contributed by atoms with E-state index < -0.39 is 0 Å². The van der Waals surface area contributed by atoms with Gasteiger partial charge < -0.3 is 28.0 Å². The topological polar surface area (TPSA) is 85.1 Å². The number of halogens is 2. The summed E-state index contributed by atoms with van der Waals surface area (Å²) >= 11 is 1.63. The number of ether oxygens (including phenoxy) is 1. The van der Waals surface area contributed by atoms with Crippen molar-refractivity contribution < 1.29 is 26.8 Å². The van der Waals surface area contributed by atoms with Crippen LogP contribution in [-0.4, -0.2) is 28.8 Å². The molecule has 0 spiro atoms. The average Bonchev–Trinajstić information content (AvgIpc) is 2.74. The lowest BCUT2D eigenvalue weighted by Crippen LogP contribution is -3.00. The molecule has 0 aliphatic carbocycles. The summed E-state index contributed by atoms with van der Waals surface area (Å²) in [5.74, 6) is 0.425. The number of aromatic nitrogens is 3. The number of rotatable bonds is 5. The zero-order chi connectivity index (χ0) is 13.8. The molecule has 9 heteroatoms. The normalized spacial score (nSPS) is 9.67. The number of aliphatic hydroxyl groups is 1. The van der Waals surface area contributed by atoms with Crippen LogP contribution in [0, 0.1) is 6.92 Å². The summed E-state index contributed by atoms with van der Waals surface area (Å²) in [5, 5.41) is 8.99. The number of anilines is 1. The van der Waals surface area contributed by atoms with E-state index >= 15 is 0 Å². The Balaban J connectivity index is 0.00000200. The summed E-state index contributed by atoms with van der Waals surface area (Å²) in [4.78, 5) is 9.30. The summed E-state index contributed by atoms with van der Waals surface area (Å²) in [6.07, 6.45) is 2.36. The summed E-state index contributed by atoms with van der Waals surface area (Å²) in [6, 6.07) is 0.272. The minimum Gasteiger partial charge on any atom is -1.00 e. The molecule has 2 rings (SSSR count). The van der Waals surface area contributed by atoms with Crippen LogP contribution in [-0.2, 0) is 13.0 Å². The van der Waals surface area contributed by atoms with E-state index in [1.807, 2.05) is 12.4 Å². The highest BCUT2D eigenvalue weighted by atomic mass is 35.5. The maximum atomic E-state index is 8.99. The zero-order valence-electron chi connectivity index (χ0n) is 11.7. The number of hydrogen-bond donors (Lipinski definition) is 2. The molecule has 2 aromatic rings. The van der Waals surface area contributed by atoms with Gasteiger partial charge in [-0.1, -0.05) is 11.3 Å². The van der Waals surface area contributed by atoms with Crippen molar-refractivity contribution in [2.24, 2.45) is 0 Å². The fourth-order valence-corrected chi connectivity index (χ4v) is 2.74. The van der Waals surface area contributed by atoms with Crippen molar-refractivity contribution in [3.05, 3.63) is 27.8 Å². The molecule has 0 aliphatic heterocycles. The minimum absolute atomic E-state index is 0. The van der Waals surface area contributed by atoms with Gasteiger partial charge in [-0.15, -0.1) is 12.4 Å². The lowest BCUT2D eigenvalue weighted by atomic mass is 10.2. The SMILES string of the molecule is COc1ncc(C[n+]2csc(CCO)c2C)c(N)n1.Cl.[Cl-]. The van der Waals surface area contributed by atoms with Crippen molar-refractivity contribution in [2.45, 2.75) is 19.9 Å². The van der Waals surface area contributed by atoms with E-state index in [1.54, 1.807) is 17.5 Å². The Morgan fingerprint density at radius 2 is 2.19 bits per heavy atom. The smallest absolute Gasteiger partial charge is 0.318 e. The third kappa shape index (κ3) is 4.67. The van der Waals surface area contributed by atoms with E-state index in [0.29, 0.717) is 18.8 Å². The Morgan fingerprint density at radius 3 is 2.76 bits per heavy atom.